The van der Waals surface area contributed by atoms with Crippen molar-refractivity contribution >= 4 is 28.3 Å². The van der Waals surface area contributed by atoms with Crippen LogP contribution in [-0.4, -0.2) is 44.7 Å². The number of hydrogen-bond donors (Lipinski definition) is 4. The fourth-order valence-electron chi connectivity index (χ4n) is 2.71. The molecule has 1 aliphatic rings. The normalized spacial score (nSPS) is 23.1. The minimum absolute atomic E-state index is 0. The van der Waals surface area contributed by atoms with Crippen molar-refractivity contribution in [3.63, 3.8) is 0 Å². The highest BCUT2D eigenvalue weighted by molar-refractivity contribution is 7.89. The van der Waals surface area contributed by atoms with Crippen LogP contribution >= 0.6 is 12.4 Å². The molecule has 7 nitrogen and oxygen atoms in total. The number of rotatable bonds is 7. The van der Waals surface area contributed by atoms with E-state index >= 15 is 0 Å². The summed E-state index contributed by atoms with van der Waals surface area (Å²) < 4.78 is 26.7. The number of sulfonamides is 1. The number of hydrogen-bond acceptors (Lipinski definition) is 5. The smallest absolute Gasteiger partial charge is 0.240 e. The van der Waals surface area contributed by atoms with Crippen LogP contribution in [0.25, 0.3) is 0 Å². The summed E-state index contributed by atoms with van der Waals surface area (Å²) in [7, 11) is -3.52. The van der Waals surface area contributed by atoms with Crippen LogP contribution in [0.2, 0.25) is 0 Å². The van der Waals surface area contributed by atoms with Crippen LogP contribution in [0.15, 0.2) is 29.2 Å². The second kappa shape index (κ2) is 9.49. The highest BCUT2D eigenvalue weighted by atomic mass is 35.5. The fraction of sp³-hybridized carbons (Fsp3) is 0.562. The molecule has 0 aromatic heterocycles. The summed E-state index contributed by atoms with van der Waals surface area (Å²) >= 11 is 0. The predicted molar refractivity (Wildman–Crippen MR) is 97.9 cm³/mol. The number of aliphatic hydroxyl groups excluding tert-OH is 1. The maximum Gasteiger partial charge on any atom is 0.240 e. The molecule has 0 bridgehead atoms. The Morgan fingerprint density at radius 3 is 2.44 bits per heavy atom. The Morgan fingerprint density at radius 2 is 1.88 bits per heavy atom. The van der Waals surface area contributed by atoms with Crippen molar-refractivity contribution in [2.75, 3.05) is 13.1 Å². The Labute approximate surface area is 154 Å². The number of amides is 1. The highest BCUT2D eigenvalue weighted by Gasteiger charge is 2.34. The Kier molecular flexibility index (Phi) is 8.30. The van der Waals surface area contributed by atoms with Crippen molar-refractivity contribution in [1.29, 1.82) is 0 Å². The van der Waals surface area contributed by atoms with Crippen molar-refractivity contribution in [1.82, 2.24) is 10.0 Å². The van der Waals surface area contributed by atoms with Gasteiger partial charge in [0.25, 0.3) is 0 Å². The van der Waals surface area contributed by atoms with Gasteiger partial charge in [-0.3, -0.25) is 4.79 Å². The highest BCUT2D eigenvalue weighted by Crippen LogP contribution is 2.24. The minimum Gasteiger partial charge on any atom is -0.391 e. The first-order chi connectivity index (χ1) is 11.3. The van der Waals surface area contributed by atoms with Crippen molar-refractivity contribution in [2.45, 2.75) is 43.2 Å². The van der Waals surface area contributed by atoms with Gasteiger partial charge in [-0.25, -0.2) is 13.1 Å². The lowest BCUT2D eigenvalue weighted by molar-refractivity contribution is -0.125. The van der Waals surface area contributed by atoms with Crippen LogP contribution in [0.3, 0.4) is 0 Å². The topological polar surface area (TPSA) is 122 Å². The molecule has 0 saturated heterocycles. The molecule has 0 heterocycles. The molecule has 1 saturated carbocycles. The average Bonchev–Trinajstić information content (AvgIpc) is 2.86. The van der Waals surface area contributed by atoms with Crippen LogP contribution < -0.4 is 15.8 Å². The molecule has 1 fully saturated rings. The predicted octanol–water partition coefficient (Wildman–Crippen LogP) is 0.300. The number of nitrogens with one attached hydrogen (secondary N) is 2. The molecule has 2 rings (SSSR count). The quantitative estimate of drug-likeness (QED) is 0.498. The number of carbonyl (C=O) groups excluding carboxylic acids is 1. The monoisotopic (exact) mass is 391 g/mol. The number of halogens is 1. The SMILES string of the molecule is Cc1ccc(S(=O)(=O)NCCCNC(=O)[C@H]2C[C@@H](N)[C@H](O)C2)cc1.Cl. The molecule has 25 heavy (non-hydrogen) atoms. The first-order valence-corrected chi connectivity index (χ1v) is 9.55. The van der Waals surface area contributed by atoms with Gasteiger partial charge in [0.2, 0.25) is 15.9 Å². The van der Waals surface area contributed by atoms with Gasteiger partial charge in [-0.05, 0) is 38.3 Å². The van der Waals surface area contributed by atoms with E-state index in [-0.39, 0.29) is 41.7 Å². The summed E-state index contributed by atoms with van der Waals surface area (Å²) in [5.74, 6) is -0.400. The van der Waals surface area contributed by atoms with Crippen molar-refractivity contribution in [2.24, 2.45) is 11.7 Å². The molecular weight excluding hydrogens is 366 g/mol. The molecule has 0 aliphatic heterocycles. The summed E-state index contributed by atoms with van der Waals surface area (Å²) in [6.45, 7) is 2.50. The Bertz CT molecular complexity index is 656. The second-order valence-electron chi connectivity index (χ2n) is 6.25. The van der Waals surface area contributed by atoms with Gasteiger partial charge in [0.05, 0.1) is 11.0 Å². The van der Waals surface area contributed by atoms with Crippen molar-refractivity contribution in [3.8, 4) is 0 Å². The molecule has 1 aromatic rings. The first-order valence-electron chi connectivity index (χ1n) is 8.07. The molecule has 9 heteroatoms. The van der Waals surface area contributed by atoms with Crippen LogP contribution in [0.1, 0.15) is 24.8 Å². The maximum absolute atomic E-state index is 12.1. The molecule has 1 amide bonds. The van der Waals surface area contributed by atoms with Gasteiger partial charge in [0.15, 0.2) is 0 Å². The van der Waals surface area contributed by atoms with Gasteiger partial charge in [-0.1, -0.05) is 17.7 Å². The lowest BCUT2D eigenvalue weighted by Gasteiger charge is -2.11. The third kappa shape index (κ3) is 6.23. The van der Waals surface area contributed by atoms with Gasteiger partial charge in [0, 0.05) is 25.0 Å². The molecular formula is C16H26ClN3O4S. The Balaban J connectivity index is 0.00000312. The number of nitrogens with two attached hydrogens (primary N) is 1. The Hall–Kier alpha value is -1.19. The van der Waals surface area contributed by atoms with Gasteiger partial charge in [-0.15, -0.1) is 12.4 Å². The number of benzene rings is 1. The van der Waals surface area contributed by atoms with E-state index in [2.05, 4.69) is 10.0 Å². The standard InChI is InChI=1S/C16H25N3O4S.ClH/c1-11-3-5-13(6-4-11)24(22,23)19-8-2-7-18-16(21)12-9-14(17)15(20)10-12;/h3-6,12,14-15,19-20H,2,7-10,17H2,1H3,(H,18,21);1H/t12-,14+,15+;/m0./s1. The van der Waals surface area contributed by atoms with E-state index in [9.17, 15) is 18.3 Å². The van der Waals surface area contributed by atoms with Crippen LogP contribution in [0, 0.1) is 12.8 Å². The number of carbonyl (C=O) groups is 1. The zero-order valence-electron chi connectivity index (χ0n) is 14.1. The maximum atomic E-state index is 12.1. The van der Waals surface area contributed by atoms with E-state index in [0.717, 1.165) is 5.56 Å². The van der Waals surface area contributed by atoms with E-state index in [1.807, 2.05) is 6.92 Å². The first kappa shape index (κ1) is 21.9. The molecule has 0 radical (unpaired) electrons. The molecule has 3 atom stereocenters. The van der Waals surface area contributed by atoms with Crippen molar-refractivity contribution < 1.29 is 18.3 Å². The molecule has 5 N–H and O–H groups in total. The lowest BCUT2D eigenvalue weighted by atomic mass is 10.1. The molecule has 1 aliphatic carbocycles. The molecule has 1 aromatic carbocycles. The zero-order chi connectivity index (χ0) is 17.7. The summed E-state index contributed by atoms with van der Waals surface area (Å²) in [6, 6.07) is 6.27. The third-order valence-corrected chi connectivity index (χ3v) is 5.70. The lowest BCUT2D eigenvalue weighted by Crippen LogP contribution is -2.33. The van der Waals surface area contributed by atoms with E-state index < -0.39 is 16.1 Å². The largest absolute Gasteiger partial charge is 0.391 e. The van der Waals surface area contributed by atoms with Crippen LogP contribution in [0.5, 0.6) is 0 Å². The number of aryl methyl sites for hydroxylation is 1. The minimum atomic E-state index is -3.52. The van der Waals surface area contributed by atoms with E-state index in [4.69, 9.17) is 5.73 Å². The fourth-order valence-corrected chi connectivity index (χ4v) is 3.79. The molecule has 0 unspecified atom stereocenters. The van der Waals surface area contributed by atoms with Crippen LogP contribution in [0.4, 0.5) is 0 Å². The van der Waals surface area contributed by atoms with E-state index in [1.165, 1.54) is 0 Å². The average molecular weight is 392 g/mol. The van der Waals surface area contributed by atoms with Crippen LogP contribution in [-0.2, 0) is 14.8 Å². The van der Waals surface area contributed by atoms with E-state index in [0.29, 0.717) is 25.8 Å². The summed E-state index contributed by atoms with van der Waals surface area (Å²) in [6.07, 6.45) is 0.722. The molecule has 142 valence electrons. The molecule has 0 spiro atoms. The van der Waals surface area contributed by atoms with Gasteiger partial charge >= 0.3 is 0 Å². The second-order valence-corrected chi connectivity index (χ2v) is 8.02. The van der Waals surface area contributed by atoms with Gasteiger partial charge < -0.3 is 16.2 Å². The van der Waals surface area contributed by atoms with Crippen molar-refractivity contribution in [3.05, 3.63) is 29.8 Å². The number of aliphatic hydroxyl groups is 1. The third-order valence-electron chi connectivity index (χ3n) is 4.22. The van der Waals surface area contributed by atoms with Gasteiger partial charge in [0.1, 0.15) is 0 Å². The summed E-state index contributed by atoms with van der Waals surface area (Å²) in [4.78, 5) is 12.2. The summed E-state index contributed by atoms with van der Waals surface area (Å²) in [5, 5.41) is 12.3. The van der Waals surface area contributed by atoms with E-state index in [1.54, 1.807) is 24.3 Å². The van der Waals surface area contributed by atoms with Gasteiger partial charge in [-0.2, -0.15) is 0 Å². The zero-order valence-corrected chi connectivity index (χ0v) is 15.8. The Morgan fingerprint density at radius 1 is 1.24 bits per heavy atom. The summed E-state index contributed by atoms with van der Waals surface area (Å²) in [5.41, 5.74) is 6.68.